The molecule has 0 aromatic heterocycles. The van der Waals surface area contributed by atoms with Gasteiger partial charge in [-0.2, -0.15) is 0 Å². The standard InChI is InChI=1S/C27H48O23S2/c1-8-15(28)12(17(30)24(35)43-8)5-40-25-18(31)13(22(10(3)45-25)47-49-51(36)37)6-41-26-19(32)14(23(11(4)46-26)48-50-52(38)39)7-42-27-21(34)20(33)16(29)9(2)44-27/h8-35H,5-7H2,1-4H3,(H,36,37)(H,38,39)/p-2/t8?,9?,10?,11?,12-,13+,14+,15+,16+,17?,18?,19?,20-,21?,22+,23+,24+,25+,26+,27+/m0/s1. The number of hydrogen-bond acceptors (Lipinski definition) is 23. The quantitative estimate of drug-likeness (QED) is 0.0435. The summed E-state index contributed by atoms with van der Waals surface area (Å²) in [4.78, 5) is 9.99. The Morgan fingerprint density at radius 3 is 1.31 bits per heavy atom. The highest BCUT2D eigenvalue weighted by molar-refractivity contribution is 7.74. The molecule has 4 fully saturated rings. The van der Waals surface area contributed by atoms with E-state index in [1.165, 1.54) is 27.7 Å². The van der Waals surface area contributed by atoms with Gasteiger partial charge in [-0.25, -0.2) is 18.2 Å². The first-order valence-electron chi connectivity index (χ1n) is 16.2. The number of ether oxygens (including phenoxy) is 7. The topological polar surface area (TPSA) is 344 Å². The van der Waals surface area contributed by atoms with Crippen molar-refractivity contribution in [3.8, 4) is 0 Å². The van der Waals surface area contributed by atoms with Crippen molar-refractivity contribution >= 4 is 22.7 Å². The molecule has 0 saturated carbocycles. The van der Waals surface area contributed by atoms with Gasteiger partial charge in [-0.05, 0) is 27.7 Å². The van der Waals surface area contributed by atoms with E-state index in [-0.39, 0.29) is 0 Å². The minimum atomic E-state index is -3.16. The molecule has 0 radical (unpaired) electrons. The molecule has 4 saturated heterocycles. The van der Waals surface area contributed by atoms with Gasteiger partial charge in [0.25, 0.3) is 0 Å². The fourth-order valence-electron chi connectivity index (χ4n) is 6.45. The Morgan fingerprint density at radius 1 is 0.481 bits per heavy atom. The fraction of sp³-hybridized carbons (Fsp3) is 1.00. The summed E-state index contributed by atoms with van der Waals surface area (Å²) < 4.78 is 92.0. The molecule has 0 spiro atoms. The maximum Gasteiger partial charge on any atom is 0.186 e. The van der Waals surface area contributed by atoms with Crippen molar-refractivity contribution in [2.45, 2.75) is 132 Å². The van der Waals surface area contributed by atoms with Crippen LogP contribution in [0, 0.1) is 17.8 Å². The third kappa shape index (κ3) is 10.6. The molecule has 4 heterocycles. The molecule has 4 aliphatic rings. The Balaban J connectivity index is 1.48. The van der Waals surface area contributed by atoms with Gasteiger partial charge in [0.2, 0.25) is 0 Å². The first-order chi connectivity index (χ1) is 24.4. The average molecular weight is 803 g/mol. The van der Waals surface area contributed by atoms with Crippen LogP contribution in [-0.4, -0.2) is 183 Å². The van der Waals surface area contributed by atoms with E-state index in [0.717, 1.165) is 0 Å². The highest BCUT2D eigenvalue weighted by atomic mass is 32.2. The molecule has 25 heteroatoms. The van der Waals surface area contributed by atoms with Crippen LogP contribution in [0.1, 0.15) is 27.7 Å². The summed E-state index contributed by atoms with van der Waals surface area (Å²) in [5, 5.41) is 84.0. The summed E-state index contributed by atoms with van der Waals surface area (Å²) in [6.07, 6.45) is -24.1. The highest BCUT2D eigenvalue weighted by Crippen LogP contribution is 2.35. The molecule has 8 N–H and O–H groups in total. The largest absolute Gasteiger partial charge is 0.748 e. The van der Waals surface area contributed by atoms with Crippen LogP contribution in [-0.2, 0) is 74.3 Å². The summed E-state index contributed by atoms with van der Waals surface area (Å²) in [5.74, 6) is -3.59. The van der Waals surface area contributed by atoms with Crippen LogP contribution in [0.3, 0.4) is 0 Å². The van der Waals surface area contributed by atoms with E-state index in [0.29, 0.717) is 0 Å². The first kappa shape index (κ1) is 44.2. The van der Waals surface area contributed by atoms with E-state index in [9.17, 15) is 58.4 Å². The number of hydrogen-bond donors (Lipinski definition) is 8. The number of aliphatic hydroxyl groups excluding tert-OH is 8. The van der Waals surface area contributed by atoms with E-state index in [2.05, 4.69) is 8.67 Å². The van der Waals surface area contributed by atoms with Crippen molar-refractivity contribution < 1.29 is 110 Å². The Morgan fingerprint density at radius 2 is 0.865 bits per heavy atom. The Hall–Kier alpha value is -0.540. The Labute approximate surface area is 302 Å². The van der Waals surface area contributed by atoms with Gasteiger partial charge in [0.05, 0.1) is 50.3 Å². The fourth-order valence-corrected chi connectivity index (χ4v) is 6.76. The Kier molecular flexibility index (Phi) is 16.6. The van der Waals surface area contributed by atoms with E-state index in [1.807, 2.05) is 0 Å². The number of rotatable bonds is 15. The normalized spacial score (nSPS) is 48.7. The molecule has 0 aliphatic carbocycles. The van der Waals surface area contributed by atoms with Crippen LogP contribution in [0.5, 0.6) is 0 Å². The van der Waals surface area contributed by atoms with Crippen molar-refractivity contribution in [2.75, 3.05) is 19.8 Å². The maximum absolute atomic E-state index is 11.3. The van der Waals surface area contributed by atoms with Crippen molar-refractivity contribution in [2.24, 2.45) is 17.8 Å². The van der Waals surface area contributed by atoms with E-state index < -0.39 is 165 Å². The molecular formula is C27H46O23S2-2. The molecular weight excluding hydrogens is 756 g/mol. The Bertz CT molecular complexity index is 1150. The van der Waals surface area contributed by atoms with Crippen molar-refractivity contribution in [1.29, 1.82) is 0 Å². The van der Waals surface area contributed by atoms with Crippen molar-refractivity contribution in [1.82, 2.24) is 0 Å². The third-order valence-corrected chi connectivity index (χ3v) is 9.86. The second-order valence-corrected chi connectivity index (χ2v) is 14.0. The minimum Gasteiger partial charge on any atom is -0.748 e. The third-order valence-electron chi connectivity index (χ3n) is 9.49. The van der Waals surface area contributed by atoms with Gasteiger partial charge in [-0.15, -0.1) is 8.67 Å². The summed E-state index contributed by atoms with van der Waals surface area (Å²) in [6.45, 7) is 4.12. The number of aliphatic hydroxyl groups is 8. The van der Waals surface area contributed by atoms with Gasteiger partial charge >= 0.3 is 0 Å². The van der Waals surface area contributed by atoms with Crippen LogP contribution in [0.15, 0.2) is 0 Å². The molecule has 52 heavy (non-hydrogen) atoms. The van der Waals surface area contributed by atoms with Gasteiger partial charge in [-0.1, -0.05) is 0 Å². The van der Waals surface area contributed by atoms with Crippen LogP contribution in [0.4, 0.5) is 0 Å². The van der Waals surface area contributed by atoms with Crippen LogP contribution < -0.4 is 0 Å². The van der Waals surface area contributed by atoms with Crippen molar-refractivity contribution in [3.05, 3.63) is 0 Å². The SMILES string of the molecule is CC1O[C@@H](OC[C@@H]2C(O)[C@H](OC[C@@H]3C(O)[C@H](OC[C@@H]4C(O)[C@H](O)OC(C)[C@H]4O)OC(C)[C@H]3OOS(=O)[O-])OC(C)[C@H]2OOS(=O)[O-])C(O)[C@@H](O)[C@@H]1O. The maximum atomic E-state index is 11.3. The minimum absolute atomic E-state index is 0.447. The zero-order chi connectivity index (χ0) is 38.6. The summed E-state index contributed by atoms with van der Waals surface area (Å²) in [5.41, 5.74) is 0. The molecule has 4 rings (SSSR count). The predicted octanol–water partition coefficient (Wildman–Crippen LogP) is -5.40. The lowest BCUT2D eigenvalue weighted by atomic mass is 9.88. The van der Waals surface area contributed by atoms with Gasteiger partial charge in [-0.3, -0.25) is 0 Å². The highest BCUT2D eigenvalue weighted by Gasteiger charge is 2.51. The lowest BCUT2D eigenvalue weighted by Crippen LogP contribution is -2.60. The molecule has 22 atom stereocenters. The smallest absolute Gasteiger partial charge is 0.186 e. The molecule has 0 aromatic carbocycles. The summed E-state index contributed by atoms with van der Waals surface area (Å²) >= 11 is -6.32. The van der Waals surface area contributed by atoms with Gasteiger partial charge in [0, 0.05) is 17.8 Å². The summed E-state index contributed by atoms with van der Waals surface area (Å²) in [7, 11) is 0. The monoisotopic (exact) mass is 802 g/mol. The van der Waals surface area contributed by atoms with Crippen LogP contribution >= 0.6 is 0 Å². The lowest BCUT2D eigenvalue weighted by Gasteiger charge is -2.46. The van der Waals surface area contributed by atoms with Crippen LogP contribution in [0.2, 0.25) is 0 Å². The zero-order valence-corrected chi connectivity index (χ0v) is 29.8. The molecule has 0 bridgehead atoms. The lowest BCUT2D eigenvalue weighted by molar-refractivity contribution is -0.372. The second kappa shape index (κ2) is 19.6. The average Bonchev–Trinajstić information content (AvgIpc) is 3.08. The summed E-state index contributed by atoms with van der Waals surface area (Å²) in [6, 6.07) is 0. The molecule has 10 unspecified atom stereocenters. The molecule has 23 nitrogen and oxygen atoms in total. The predicted molar refractivity (Wildman–Crippen MR) is 160 cm³/mol. The first-order valence-corrected chi connectivity index (χ1v) is 18.2. The van der Waals surface area contributed by atoms with E-state index >= 15 is 0 Å². The van der Waals surface area contributed by atoms with Gasteiger partial charge in [0.15, 0.2) is 25.2 Å². The van der Waals surface area contributed by atoms with Gasteiger partial charge < -0.3 is 83.1 Å². The van der Waals surface area contributed by atoms with Crippen LogP contribution in [0.25, 0.3) is 0 Å². The van der Waals surface area contributed by atoms with Gasteiger partial charge in [0.1, 0.15) is 71.6 Å². The molecule has 306 valence electrons. The van der Waals surface area contributed by atoms with E-state index in [1.54, 1.807) is 0 Å². The van der Waals surface area contributed by atoms with Crippen molar-refractivity contribution in [3.63, 3.8) is 0 Å². The van der Waals surface area contributed by atoms with E-state index in [4.69, 9.17) is 42.9 Å². The molecule has 4 aliphatic heterocycles. The molecule has 0 aromatic rings. The molecule has 0 amide bonds. The second-order valence-electron chi connectivity index (χ2n) is 13.0. The zero-order valence-electron chi connectivity index (χ0n) is 28.2.